The summed E-state index contributed by atoms with van der Waals surface area (Å²) in [6, 6.07) is 13.4. The summed E-state index contributed by atoms with van der Waals surface area (Å²) in [5, 5.41) is 1.35. The minimum atomic E-state index is -4.36. The number of nitrogens with one attached hydrogen (secondary N) is 1. The summed E-state index contributed by atoms with van der Waals surface area (Å²) in [6.07, 6.45) is -4.36. The van der Waals surface area contributed by atoms with E-state index in [9.17, 15) is 18.0 Å². The first-order valence-electron chi connectivity index (χ1n) is 6.62. The number of halogens is 3. The van der Waals surface area contributed by atoms with Crippen molar-refractivity contribution in [2.75, 3.05) is 7.05 Å². The molecule has 0 saturated heterocycles. The second kappa shape index (κ2) is 6.62. The molecule has 0 spiro atoms. The quantitative estimate of drug-likeness (QED) is 0.877. The van der Waals surface area contributed by atoms with E-state index in [-0.39, 0.29) is 12.5 Å². The molecule has 0 aliphatic heterocycles. The highest BCUT2D eigenvalue weighted by atomic mass is 19.4. The van der Waals surface area contributed by atoms with E-state index in [0.717, 1.165) is 12.1 Å². The van der Waals surface area contributed by atoms with Gasteiger partial charge in [-0.15, -0.1) is 0 Å². The Labute approximate surface area is 126 Å². The molecule has 0 aromatic heterocycles. The zero-order chi connectivity index (χ0) is 16.2. The van der Waals surface area contributed by atoms with Crippen molar-refractivity contribution in [3.8, 4) is 0 Å². The molecular weight excluding hydrogens is 293 g/mol. The number of benzene rings is 2. The molecule has 0 saturated carbocycles. The van der Waals surface area contributed by atoms with Crippen LogP contribution in [0, 0.1) is 0 Å². The molecule has 0 unspecified atom stereocenters. The van der Waals surface area contributed by atoms with Crippen LogP contribution >= 0.6 is 0 Å². The summed E-state index contributed by atoms with van der Waals surface area (Å²) in [5.41, 5.74) is 3.16. The van der Waals surface area contributed by atoms with Crippen molar-refractivity contribution in [2.24, 2.45) is 0 Å². The number of carbonyl (C=O) groups excluding carboxylic acids is 1. The number of alkyl halides is 3. The predicted molar refractivity (Wildman–Crippen MR) is 76.8 cm³/mol. The van der Waals surface area contributed by atoms with Crippen molar-refractivity contribution < 1.29 is 18.0 Å². The molecule has 3 nitrogen and oxygen atoms in total. The highest BCUT2D eigenvalue weighted by Crippen LogP contribution is 2.29. The molecule has 1 amide bonds. The molecular formula is C16H15F3N2O. The van der Waals surface area contributed by atoms with Gasteiger partial charge in [-0.25, -0.2) is 5.43 Å². The highest BCUT2D eigenvalue weighted by Gasteiger charge is 2.30. The second-order valence-corrected chi connectivity index (χ2v) is 4.68. The summed E-state index contributed by atoms with van der Waals surface area (Å²) in [5.74, 6) is -0.247. The summed E-state index contributed by atoms with van der Waals surface area (Å²) in [6.45, 7) is 0.169. The van der Waals surface area contributed by atoms with Crippen LogP contribution in [0.1, 0.15) is 21.5 Å². The van der Waals surface area contributed by atoms with E-state index in [1.807, 2.05) is 0 Å². The molecule has 0 heterocycles. The van der Waals surface area contributed by atoms with Gasteiger partial charge in [0.05, 0.1) is 12.1 Å². The van der Waals surface area contributed by atoms with Crippen LogP contribution in [0.3, 0.4) is 0 Å². The molecule has 0 atom stereocenters. The average Bonchev–Trinajstić information content (AvgIpc) is 2.52. The molecule has 0 radical (unpaired) electrons. The molecule has 0 fully saturated rings. The van der Waals surface area contributed by atoms with Crippen LogP contribution in [0.2, 0.25) is 0 Å². The second-order valence-electron chi connectivity index (χ2n) is 4.68. The molecule has 2 aromatic carbocycles. The van der Waals surface area contributed by atoms with Crippen LogP contribution in [-0.2, 0) is 12.7 Å². The first-order valence-corrected chi connectivity index (χ1v) is 6.62. The van der Waals surface area contributed by atoms with E-state index < -0.39 is 11.7 Å². The summed E-state index contributed by atoms with van der Waals surface area (Å²) < 4.78 is 37.6. The Balaban J connectivity index is 2.12. The number of hydrogen-bond acceptors (Lipinski definition) is 2. The van der Waals surface area contributed by atoms with Gasteiger partial charge in [0.1, 0.15) is 0 Å². The maximum atomic E-state index is 12.5. The van der Waals surface area contributed by atoms with Crippen molar-refractivity contribution in [1.82, 2.24) is 10.4 Å². The van der Waals surface area contributed by atoms with Gasteiger partial charge >= 0.3 is 6.18 Å². The third-order valence-electron chi connectivity index (χ3n) is 3.16. The number of hydrogen-bond donors (Lipinski definition) is 1. The van der Waals surface area contributed by atoms with Crippen molar-refractivity contribution in [3.63, 3.8) is 0 Å². The standard InChI is InChI=1S/C16H15F3N2O/c1-20-21(15(22)13-5-3-2-4-6-13)11-12-7-9-14(10-8-12)16(17,18)19/h2-10,20H,11H2,1H3. The highest BCUT2D eigenvalue weighted by molar-refractivity contribution is 5.93. The lowest BCUT2D eigenvalue weighted by molar-refractivity contribution is -0.137. The Kier molecular flexibility index (Phi) is 4.82. The smallest absolute Gasteiger partial charge is 0.270 e. The minimum absolute atomic E-state index is 0.169. The molecule has 0 aliphatic rings. The van der Waals surface area contributed by atoms with Gasteiger partial charge in [0, 0.05) is 12.6 Å². The minimum Gasteiger partial charge on any atom is -0.270 e. The zero-order valence-electron chi connectivity index (χ0n) is 11.9. The first-order chi connectivity index (χ1) is 10.4. The molecule has 6 heteroatoms. The molecule has 2 aromatic rings. The topological polar surface area (TPSA) is 32.3 Å². The Bertz CT molecular complexity index is 624. The summed E-state index contributed by atoms with van der Waals surface area (Å²) in [4.78, 5) is 12.3. The lowest BCUT2D eigenvalue weighted by atomic mass is 10.1. The predicted octanol–water partition coefficient (Wildman–Crippen LogP) is 3.48. The Hall–Kier alpha value is -2.34. The van der Waals surface area contributed by atoms with Crippen molar-refractivity contribution in [3.05, 3.63) is 71.3 Å². The maximum absolute atomic E-state index is 12.5. The molecule has 0 aliphatic carbocycles. The number of nitrogens with zero attached hydrogens (tertiary/aromatic N) is 1. The fraction of sp³-hybridized carbons (Fsp3) is 0.188. The fourth-order valence-electron chi connectivity index (χ4n) is 1.97. The lowest BCUT2D eigenvalue weighted by Gasteiger charge is -2.21. The number of hydrazine groups is 1. The van der Waals surface area contributed by atoms with Gasteiger partial charge in [0.25, 0.3) is 5.91 Å². The zero-order valence-corrected chi connectivity index (χ0v) is 11.9. The van der Waals surface area contributed by atoms with Crippen LogP contribution in [0.25, 0.3) is 0 Å². The molecule has 2 rings (SSSR count). The number of carbonyl (C=O) groups is 1. The molecule has 0 bridgehead atoms. The molecule has 116 valence electrons. The van der Waals surface area contributed by atoms with Gasteiger partial charge in [-0.05, 0) is 29.8 Å². The maximum Gasteiger partial charge on any atom is 0.416 e. The SMILES string of the molecule is CNN(Cc1ccc(C(F)(F)F)cc1)C(=O)c1ccccc1. The van der Waals surface area contributed by atoms with Crippen LogP contribution in [0.5, 0.6) is 0 Å². The average molecular weight is 308 g/mol. The Morgan fingerprint density at radius 1 is 1.05 bits per heavy atom. The van der Waals surface area contributed by atoms with Gasteiger partial charge in [-0.2, -0.15) is 13.2 Å². The van der Waals surface area contributed by atoms with Gasteiger partial charge < -0.3 is 0 Å². The summed E-state index contributed by atoms with van der Waals surface area (Å²) in [7, 11) is 1.59. The van der Waals surface area contributed by atoms with E-state index in [4.69, 9.17) is 0 Å². The van der Waals surface area contributed by atoms with Gasteiger partial charge in [-0.3, -0.25) is 9.80 Å². The van der Waals surface area contributed by atoms with Crippen molar-refractivity contribution >= 4 is 5.91 Å². The third-order valence-corrected chi connectivity index (χ3v) is 3.16. The van der Waals surface area contributed by atoms with Gasteiger partial charge in [-0.1, -0.05) is 30.3 Å². The molecule has 22 heavy (non-hydrogen) atoms. The van der Waals surface area contributed by atoms with Crippen LogP contribution < -0.4 is 5.43 Å². The summed E-state index contributed by atoms with van der Waals surface area (Å²) >= 11 is 0. The lowest BCUT2D eigenvalue weighted by Crippen LogP contribution is -2.39. The Morgan fingerprint density at radius 3 is 2.14 bits per heavy atom. The number of amides is 1. The van der Waals surface area contributed by atoms with Crippen molar-refractivity contribution in [1.29, 1.82) is 0 Å². The normalized spacial score (nSPS) is 11.3. The van der Waals surface area contributed by atoms with Gasteiger partial charge in [0.15, 0.2) is 0 Å². The van der Waals surface area contributed by atoms with Crippen molar-refractivity contribution in [2.45, 2.75) is 12.7 Å². The van der Waals surface area contributed by atoms with Crippen LogP contribution in [0.4, 0.5) is 13.2 Å². The third kappa shape index (κ3) is 3.85. The first kappa shape index (κ1) is 16.0. The Morgan fingerprint density at radius 2 is 1.64 bits per heavy atom. The fourth-order valence-corrected chi connectivity index (χ4v) is 1.97. The van der Waals surface area contributed by atoms with E-state index >= 15 is 0 Å². The van der Waals surface area contributed by atoms with E-state index in [2.05, 4.69) is 5.43 Å². The van der Waals surface area contributed by atoms with Crippen LogP contribution in [-0.4, -0.2) is 18.0 Å². The van der Waals surface area contributed by atoms with E-state index in [1.54, 1.807) is 37.4 Å². The van der Waals surface area contributed by atoms with Gasteiger partial charge in [0.2, 0.25) is 0 Å². The largest absolute Gasteiger partial charge is 0.416 e. The molecule has 1 N–H and O–H groups in total. The van der Waals surface area contributed by atoms with Crippen LogP contribution in [0.15, 0.2) is 54.6 Å². The van der Waals surface area contributed by atoms with E-state index in [0.29, 0.717) is 11.1 Å². The van der Waals surface area contributed by atoms with E-state index in [1.165, 1.54) is 17.1 Å². The number of rotatable bonds is 4. The monoisotopic (exact) mass is 308 g/mol.